The van der Waals surface area contributed by atoms with E-state index in [0.29, 0.717) is 29.4 Å². The molecule has 3 aliphatic rings. The summed E-state index contributed by atoms with van der Waals surface area (Å²) in [6.07, 6.45) is 6.30. The van der Waals surface area contributed by atoms with Crippen LogP contribution in [0.1, 0.15) is 56.1 Å². The largest absolute Gasteiger partial charge is 0.507 e. The predicted molar refractivity (Wildman–Crippen MR) is 235 cm³/mol. The molecule has 0 radical (unpaired) electrons. The van der Waals surface area contributed by atoms with Crippen molar-refractivity contribution in [3.05, 3.63) is 96.1 Å². The van der Waals surface area contributed by atoms with Crippen LogP contribution in [0.15, 0.2) is 84.9 Å². The molecule has 5 heterocycles. The van der Waals surface area contributed by atoms with E-state index in [1.807, 2.05) is 37.3 Å². The first-order valence-corrected chi connectivity index (χ1v) is 21.1. The molecule has 60 heavy (non-hydrogen) atoms. The number of phenols is 2. The highest BCUT2D eigenvalue weighted by molar-refractivity contribution is 5.93. The number of rotatable bonds is 7. The fourth-order valence-electron chi connectivity index (χ4n) is 8.16. The lowest BCUT2D eigenvalue weighted by molar-refractivity contribution is -0.0228. The molecule has 6 aromatic rings. The zero-order valence-electron chi connectivity index (χ0n) is 34.4. The van der Waals surface area contributed by atoms with Gasteiger partial charge in [0.05, 0.1) is 28.3 Å². The molecule has 3 aliphatic heterocycles. The van der Waals surface area contributed by atoms with E-state index >= 15 is 0 Å². The number of nitrogens with one attached hydrogen (secondary N) is 1. The number of anilines is 2. The SMILES string of the molecule is Cc1ccc2c(N3CCC(N)CC3)nc(-c3ccccc3O)nc2c1.Cc1ccc2c(N3CCC(NC(=O)OCC4CCCCO4)CC3)nc(-c3ccccc3O)nc2c1. The summed E-state index contributed by atoms with van der Waals surface area (Å²) in [7, 11) is 0. The maximum absolute atomic E-state index is 12.3. The van der Waals surface area contributed by atoms with Crippen molar-refractivity contribution in [2.24, 2.45) is 5.73 Å². The van der Waals surface area contributed by atoms with E-state index in [9.17, 15) is 15.0 Å². The van der Waals surface area contributed by atoms with E-state index in [-0.39, 0.29) is 35.8 Å². The second kappa shape index (κ2) is 18.5. The maximum atomic E-state index is 12.3. The first-order valence-electron chi connectivity index (χ1n) is 21.1. The maximum Gasteiger partial charge on any atom is 0.407 e. The summed E-state index contributed by atoms with van der Waals surface area (Å²) in [5, 5.41) is 25.6. The van der Waals surface area contributed by atoms with E-state index in [2.05, 4.69) is 52.4 Å². The number of aromatic hydroxyl groups is 2. The van der Waals surface area contributed by atoms with Crippen molar-refractivity contribution >= 4 is 39.5 Å². The van der Waals surface area contributed by atoms with Crippen LogP contribution in [-0.2, 0) is 9.47 Å². The molecular weight excluding hydrogens is 757 g/mol. The Labute approximate surface area is 350 Å². The van der Waals surface area contributed by atoms with Crippen molar-refractivity contribution in [2.75, 3.05) is 49.2 Å². The van der Waals surface area contributed by atoms with Crippen LogP contribution in [0.4, 0.5) is 16.4 Å². The van der Waals surface area contributed by atoms with Crippen molar-refractivity contribution in [1.29, 1.82) is 0 Å². The number of hydrogen-bond acceptors (Lipinski definition) is 12. The molecule has 13 heteroatoms. The number of benzene rings is 4. The molecule has 0 aliphatic carbocycles. The van der Waals surface area contributed by atoms with Gasteiger partial charge in [-0.15, -0.1) is 0 Å². The van der Waals surface area contributed by atoms with Gasteiger partial charge in [0.25, 0.3) is 0 Å². The number of aromatic nitrogens is 4. The Kier molecular flexibility index (Phi) is 12.5. The third-order valence-electron chi connectivity index (χ3n) is 11.6. The van der Waals surface area contributed by atoms with E-state index < -0.39 is 0 Å². The van der Waals surface area contributed by atoms with Gasteiger partial charge in [0.1, 0.15) is 29.7 Å². The zero-order chi connectivity index (χ0) is 41.6. The zero-order valence-corrected chi connectivity index (χ0v) is 34.4. The van der Waals surface area contributed by atoms with Crippen molar-refractivity contribution in [3.8, 4) is 34.3 Å². The Hall–Kier alpha value is -6.05. The average molecular weight is 811 g/mol. The Morgan fingerprint density at radius 3 is 1.73 bits per heavy atom. The monoisotopic (exact) mass is 810 g/mol. The minimum absolute atomic E-state index is 0.0178. The lowest BCUT2D eigenvalue weighted by Gasteiger charge is -2.33. The molecule has 0 bridgehead atoms. The third kappa shape index (κ3) is 9.53. The smallest absolute Gasteiger partial charge is 0.407 e. The number of hydrogen-bond donors (Lipinski definition) is 4. The highest BCUT2D eigenvalue weighted by atomic mass is 16.6. The molecule has 13 nitrogen and oxygen atoms in total. The molecule has 1 atom stereocenters. The fourth-order valence-corrected chi connectivity index (χ4v) is 8.16. The number of ether oxygens (including phenoxy) is 2. The van der Waals surface area contributed by atoms with Crippen LogP contribution in [0, 0.1) is 13.8 Å². The number of nitrogens with zero attached hydrogens (tertiary/aromatic N) is 6. The highest BCUT2D eigenvalue weighted by Crippen LogP contribution is 2.35. The average Bonchev–Trinajstić information content (AvgIpc) is 3.26. The molecular formula is C47H54N8O5. The molecule has 3 fully saturated rings. The molecule has 312 valence electrons. The summed E-state index contributed by atoms with van der Waals surface area (Å²) in [4.78, 5) is 36.0. The van der Waals surface area contributed by atoms with Gasteiger partial charge in [-0.25, -0.2) is 24.7 Å². The highest BCUT2D eigenvalue weighted by Gasteiger charge is 2.26. The number of phenolic OH excluding ortho intramolecular Hbond substituents is 2. The Bertz CT molecular complexity index is 2440. The standard InChI is InChI=1S/C27H32N4O4.C20H22N4O/c1-18-9-10-21-23(16-18)29-25(22-7-2-3-8-24(22)32)30-26(21)31-13-11-19(12-14-31)28-27(33)35-17-20-6-4-5-15-34-20;1-13-6-7-15-17(12-13)22-19(16-4-2-3-5-18(16)25)23-20(15)24-10-8-14(21)9-11-24/h2-3,7-10,16,19-20,32H,4-6,11-15,17H2,1H3,(H,28,33);2-7,12,14,25H,8-11,21H2,1H3. The fraction of sp³-hybridized carbons (Fsp3) is 0.383. The van der Waals surface area contributed by atoms with E-state index in [1.54, 1.807) is 24.3 Å². The number of piperidine rings is 2. The molecule has 5 N–H and O–H groups in total. The summed E-state index contributed by atoms with van der Waals surface area (Å²) < 4.78 is 11.0. The number of amides is 1. The molecule has 3 saturated heterocycles. The Morgan fingerprint density at radius 2 is 1.23 bits per heavy atom. The lowest BCUT2D eigenvalue weighted by atomic mass is 10.0. The normalized spacial score (nSPS) is 17.6. The van der Waals surface area contributed by atoms with Gasteiger partial charge in [-0.1, -0.05) is 36.4 Å². The summed E-state index contributed by atoms with van der Waals surface area (Å²) >= 11 is 0. The van der Waals surface area contributed by atoms with Gasteiger partial charge < -0.3 is 40.5 Å². The van der Waals surface area contributed by atoms with Gasteiger partial charge in [-0.05, 0) is 118 Å². The van der Waals surface area contributed by atoms with Gasteiger partial charge in [0, 0.05) is 55.6 Å². The topological polar surface area (TPSA) is 172 Å². The van der Waals surface area contributed by atoms with Crippen LogP contribution in [0.3, 0.4) is 0 Å². The summed E-state index contributed by atoms with van der Waals surface area (Å²) in [6.45, 7) is 8.43. The number of fused-ring (bicyclic) bond motifs is 2. The minimum Gasteiger partial charge on any atom is -0.507 e. The first-order chi connectivity index (χ1) is 29.2. The van der Waals surface area contributed by atoms with E-state index in [1.165, 1.54) is 0 Å². The van der Waals surface area contributed by atoms with E-state index in [0.717, 1.165) is 122 Å². The number of nitrogens with two attached hydrogens (primary N) is 1. The number of carbonyl (C=O) groups excluding carboxylic acids is 1. The molecule has 2 aromatic heterocycles. The Balaban J connectivity index is 0.000000176. The van der Waals surface area contributed by atoms with Crippen LogP contribution in [0.25, 0.3) is 44.6 Å². The van der Waals surface area contributed by atoms with Crippen molar-refractivity contribution in [2.45, 2.75) is 77.0 Å². The second-order valence-corrected chi connectivity index (χ2v) is 16.1. The number of alkyl carbamates (subject to hydrolysis) is 1. The summed E-state index contributed by atoms with van der Waals surface area (Å²) in [5.41, 5.74) is 11.3. The van der Waals surface area contributed by atoms with Crippen LogP contribution in [0.5, 0.6) is 11.5 Å². The lowest BCUT2D eigenvalue weighted by Crippen LogP contribution is -2.45. The van der Waals surface area contributed by atoms with Crippen LogP contribution < -0.4 is 20.9 Å². The Morgan fingerprint density at radius 1 is 0.717 bits per heavy atom. The van der Waals surface area contributed by atoms with E-state index in [4.69, 9.17) is 35.1 Å². The first kappa shape index (κ1) is 40.7. The van der Waals surface area contributed by atoms with Gasteiger partial charge in [0.15, 0.2) is 11.6 Å². The van der Waals surface area contributed by atoms with Crippen molar-refractivity contribution < 1.29 is 24.5 Å². The molecule has 0 spiro atoms. The minimum atomic E-state index is -0.373. The van der Waals surface area contributed by atoms with Crippen LogP contribution in [-0.4, -0.2) is 93.8 Å². The number of carbonyl (C=O) groups is 1. The van der Waals surface area contributed by atoms with Crippen LogP contribution >= 0.6 is 0 Å². The van der Waals surface area contributed by atoms with Gasteiger partial charge in [-0.3, -0.25) is 0 Å². The summed E-state index contributed by atoms with van der Waals surface area (Å²) in [6, 6.07) is 27.1. The molecule has 1 unspecified atom stereocenters. The van der Waals surface area contributed by atoms with Gasteiger partial charge in [0.2, 0.25) is 0 Å². The number of para-hydroxylation sites is 2. The molecule has 4 aromatic carbocycles. The summed E-state index contributed by atoms with van der Waals surface area (Å²) in [5.74, 6) is 3.19. The predicted octanol–water partition coefficient (Wildman–Crippen LogP) is 7.81. The number of aryl methyl sites for hydroxylation is 2. The quantitative estimate of drug-likeness (QED) is 0.123. The molecule has 9 rings (SSSR count). The molecule has 0 saturated carbocycles. The van der Waals surface area contributed by atoms with Crippen LogP contribution in [0.2, 0.25) is 0 Å². The van der Waals surface area contributed by atoms with Crippen molar-refractivity contribution in [3.63, 3.8) is 0 Å². The van der Waals surface area contributed by atoms with Gasteiger partial charge >= 0.3 is 6.09 Å². The third-order valence-corrected chi connectivity index (χ3v) is 11.6. The second-order valence-electron chi connectivity index (χ2n) is 16.1. The van der Waals surface area contributed by atoms with Crippen molar-refractivity contribution in [1.82, 2.24) is 25.3 Å². The molecule has 1 amide bonds. The van der Waals surface area contributed by atoms with Gasteiger partial charge in [-0.2, -0.15) is 0 Å².